The number of fused-ring (bicyclic) bond motifs is 1. The van der Waals surface area contributed by atoms with Crippen LogP contribution in [0.5, 0.6) is 11.5 Å². The maximum atomic E-state index is 13.4. The Balaban J connectivity index is 1.69. The van der Waals surface area contributed by atoms with E-state index in [0.29, 0.717) is 17.2 Å². The van der Waals surface area contributed by atoms with E-state index in [2.05, 4.69) is 5.32 Å². The van der Waals surface area contributed by atoms with E-state index in [1.54, 1.807) is 18.2 Å². The summed E-state index contributed by atoms with van der Waals surface area (Å²) in [5.74, 6) is 0.407. The standard InChI is InChI=1S/C21H23ClN2O4S/c22-12-19(25)24(15-8-9-16-17(11-15)28-13-27-16)20(18-7-4-10-29-18)21(26)23-14-5-2-1-3-6-14/h4,7-11,14,20H,1-3,5-6,12-13H2,(H,23,26). The molecule has 154 valence electrons. The molecule has 2 heterocycles. The predicted molar refractivity (Wildman–Crippen MR) is 113 cm³/mol. The summed E-state index contributed by atoms with van der Waals surface area (Å²) >= 11 is 7.38. The van der Waals surface area contributed by atoms with Crippen LogP contribution in [0.2, 0.25) is 0 Å². The smallest absolute Gasteiger partial charge is 0.248 e. The Kier molecular flexibility index (Phi) is 6.25. The van der Waals surface area contributed by atoms with Crippen molar-refractivity contribution in [3.05, 3.63) is 40.6 Å². The van der Waals surface area contributed by atoms with E-state index in [1.807, 2.05) is 17.5 Å². The van der Waals surface area contributed by atoms with Gasteiger partial charge < -0.3 is 14.8 Å². The number of nitrogens with zero attached hydrogens (tertiary/aromatic N) is 1. The van der Waals surface area contributed by atoms with E-state index in [1.165, 1.54) is 22.7 Å². The number of hydrogen-bond acceptors (Lipinski definition) is 5. The van der Waals surface area contributed by atoms with Crippen LogP contribution in [0.25, 0.3) is 0 Å². The van der Waals surface area contributed by atoms with Gasteiger partial charge in [-0.15, -0.1) is 22.9 Å². The van der Waals surface area contributed by atoms with Crippen LogP contribution in [-0.2, 0) is 9.59 Å². The highest BCUT2D eigenvalue weighted by Gasteiger charge is 2.35. The molecule has 1 atom stereocenters. The van der Waals surface area contributed by atoms with Crippen molar-refractivity contribution in [2.45, 2.75) is 44.2 Å². The third kappa shape index (κ3) is 4.36. The van der Waals surface area contributed by atoms with Gasteiger partial charge in [0, 0.05) is 22.7 Å². The lowest BCUT2D eigenvalue weighted by molar-refractivity contribution is -0.126. The maximum Gasteiger partial charge on any atom is 0.248 e. The van der Waals surface area contributed by atoms with Gasteiger partial charge in [-0.25, -0.2) is 0 Å². The first kappa shape index (κ1) is 20.0. The SMILES string of the molecule is O=C(NC1CCCCC1)C(c1cccs1)N(C(=O)CCl)c1ccc2c(c1)OCO2. The zero-order valence-corrected chi connectivity index (χ0v) is 17.5. The maximum absolute atomic E-state index is 13.4. The Morgan fingerprint density at radius 1 is 1.17 bits per heavy atom. The molecule has 0 radical (unpaired) electrons. The molecule has 2 aliphatic rings. The molecule has 1 fully saturated rings. The third-order valence-electron chi connectivity index (χ3n) is 5.29. The van der Waals surface area contributed by atoms with Crippen molar-refractivity contribution in [3.8, 4) is 11.5 Å². The number of rotatable bonds is 6. The van der Waals surface area contributed by atoms with Gasteiger partial charge in [0.25, 0.3) is 0 Å². The number of anilines is 1. The van der Waals surface area contributed by atoms with Gasteiger partial charge in [-0.1, -0.05) is 25.3 Å². The minimum atomic E-state index is -0.788. The van der Waals surface area contributed by atoms with E-state index in [-0.39, 0.29) is 30.5 Å². The van der Waals surface area contributed by atoms with Crippen molar-refractivity contribution in [2.24, 2.45) is 0 Å². The van der Waals surface area contributed by atoms with Gasteiger partial charge in [-0.05, 0) is 36.4 Å². The average Bonchev–Trinajstić information content (AvgIpc) is 3.43. The van der Waals surface area contributed by atoms with Crippen molar-refractivity contribution in [3.63, 3.8) is 0 Å². The highest BCUT2D eigenvalue weighted by Crippen LogP contribution is 2.39. The number of carbonyl (C=O) groups excluding carboxylic acids is 2. The molecule has 2 aromatic rings. The minimum absolute atomic E-state index is 0.138. The fourth-order valence-corrected chi connectivity index (χ4v) is 4.83. The summed E-state index contributed by atoms with van der Waals surface area (Å²) in [6.45, 7) is 0.138. The number of amides is 2. The molecule has 4 rings (SSSR count). The van der Waals surface area contributed by atoms with Crippen LogP contribution >= 0.6 is 22.9 Å². The van der Waals surface area contributed by atoms with Crippen molar-refractivity contribution in [1.29, 1.82) is 0 Å². The zero-order valence-electron chi connectivity index (χ0n) is 15.9. The van der Waals surface area contributed by atoms with Gasteiger partial charge in [0.15, 0.2) is 11.5 Å². The van der Waals surface area contributed by atoms with E-state index in [4.69, 9.17) is 21.1 Å². The number of thiophene rings is 1. The van der Waals surface area contributed by atoms with Crippen LogP contribution < -0.4 is 19.7 Å². The molecule has 1 aliphatic heterocycles. The molecule has 2 amide bonds. The summed E-state index contributed by atoms with van der Waals surface area (Å²) in [5.41, 5.74) is 0.553. The van der Waals surface area contributed by atoms with E-state index in [0.717, 1.165) is 30.6 Å². The normalized spacial score (nSPS) is 17.0. The number of ether oxygens (including phenoxy) is 2. The lowest BCUT2D eigenvalue weighted by Gasteiger charge is -2.32. The molecule has 8 heteroatoms. The van der Waals surface area contributed by atoms with Crippen LogP contribution in [0.1, 0.15) is 43.0 Å². The minimum Gasteiger partial charge on any atom is -0.454 e. The van der Waals surface area contributed by atoms with Crippen molar-refractivity contribution < 1.29 is 19.1 Å². The number of benzene rings is 1. The molecule has 1 aromatic heterocycles. The Bertz CT molecular complexity index is 868. The molecular weight excluding hydrogens is 412 g/mol. The Hall–Kier alpha value is -2.25. The second kappa shape index (κ2) is 9.05. The quantitative estimate of drug-likeness (QED) is 0.690. The zero-order chi connectivity index (χ0) is 20.2. The second-order valence-corrected chi connectivity index (χ2v) is 8.44. The summed E-state index contributed by atoms with van der Waals surface area (Å²) in [7, 11) is 0. The number of carbonyl (C=O) groups is 2. The molecular formula is C21H23ClN2O4S. The van der Waals surface area contributed by atoms with Crippen LogP contribution in [0.3, 0.4) is 0 Å². The summed E-state index contributed by atoms with van der Waals surface area (Å²) in [6, 6.07) is 8.33. The van der Waals surface area contributed by atoms with Gasteiger partial charge in [0.1, 0.15) is 11.9 Å². The fourth-order valence-electron chi connectivity index (χ4n) is 3.88. The predicted octanol–water partition coefficient (Wildman–Crippen LogP) is 4.24. The molecule has 0 spiro atoms. The van der Waals surface area contributed by atoms with Crippen LogP contribution in [-0.4, -0.2) is 30.5 Å². The Morgan fingerprint density at radius 3 is 2.69 bits per heavy atom. The Labute approximate surface area is 178 Å². The topological polar surface area (TPSA) is 67.9 Å². The number of hydrogen-bond donors (Lipinski definition) is 1. The summed E-state index contributed by atoms with van der Waals surface area (Å²) < 4.78 is 10.8. The molecule has 6 nitrogen and oxygen atoms in total. The molecule has 0 bridgehead atoms. The molecule has 1 aromatic carbocycles. The van der Waals surface area contributed by atoms with Gasteiger partial charge in [-0.3, -0.25) is 14.5 Å². The largest absolute Gasteiger partial charge is 0.454 e. The van der Waals surface area contributed by atoms with Crippen LogP contribution in [0.15, 0.2) is 35.7 Å². The molecule has 29 heavy (non-hydrogen) atoms. The van der Waals surface area contributed by atoms with Gasteiger partial charge >= 0.3 is 0 Å². The van der Waals surface area contributed by atoms with Crippen molar-refractivity contribution in [1.82, 2.24) is 5.32 Å². The molecule has 1 unspecified atom stereocenters. The highest BCUT2D eigenvalue weighted by molar-refractivity contribution is 7.10. The molecule has 1 N–H and O–H groups in total. The highest BCUT2D eigenvalue weighted by atomic mass is 35.5. The lowest BCUT2D eigenvalue weighted by atomic mass is 9.95. The molecule has 1 saturated carbocycles. The molecule has 1 aliphatic carbocycles. The molecule has 0 saturated heterocycles. The first-order chi connectivity index (χ1) is 14.2. The van der Waals surface area contributed by atoms with Crippen LogP contribution in [0, 0.1) is 0 Å². The first-order valence-corrected chi connectivity index (χ1v) is 11.2. The summed E-state index contributed by atoms with van der Waals surface area (Å²) in [4.78, 5) is 28.5. The van der Waals surface area contributed by atoms with Gasteiger partial charge in [0.2, 0.25) is 18.6 Å². The van der Waals surface area contributed by atoms with Crippen molar-refractivity contribution in [2.75, 3.05) is 17.6 Å². The first-order valence-electron chi connectivity index (χ1n) is 9.79. The van der Waals surface area contributed by atoms with Crippen LogP contribution in [0.4, 0.5) is 5.69 Å². The third-order valence-corrected chi connectivity index (χ3v) is 6.44. The average molecular weight is 435 g/mol. The number of halogens is 1. The van der Waals surface area contributed by atoms with E-state index < -0.39 is 6.04 Å². The van der Waals surface area contributed by atoms with Gasteiger partial charge in [0.05, 0.1) is 0 Å². The number of alkyl halides is 1. The monoisotopic (exact) mass is 434 g/mol. The van der Waals surface area contributed by atoms with E-state index in [9.17, 15) is 9.59 Å². The second-order valence-electron chi connectivity index (χ2n) is 7.20. The van der Waals surface area contributed by atoms with Gasteiger partial charge in [-0.2, -0.15) is 0 Å². The van der Waals surface area contributed by atoms with E-state index >= 15 is 0 Å². The lowest BCUT2D eigenvalue weighted by Crippen LogP contribution is -2.47. The summed E-state index contributed by atoms with van der Waals surface area (Å²) in [6.07, 6.45) is 5.36. The fraction of sp³-hybridized carbons (Fsp3) is 0.429. The summed E-state index contributed by atoms with van der Waals surface area (Å²) in [5, 5.41) is 5.07. The Morgan fingerprint density at radius 2 is 1.97 bits per heavy atom. The van der Waals surface area contributed by atoms with Crippen molar-refractivity contribution >= 4 is 40.4 Å². The number of nitrogens with one attached hydrogen (secondary N) is 1.